The molecule has 1 aliphatic rings. The molecule has 3 rings (SSSR count). The fourth-order valence-corrected chi connectivity index (χ4v) is 19.1. The molecule has 1 aliphatic carbocycles. The predicted octanol–water partition coefficient (Wildman–Crippen LogP) is 12.4. The summed E-state index contributed by atoms with van der Waals surface area (Å²) in [5.74, 6) is 2.59. The maximum atomic E-state index is 2.74. The Labute approximate surface area is 267 Å². The van der Waals surface area contributed by atoms with E-state index in [-0.39, 0.29) is 0 Å². The molecule has 40 heavy (non-hydrogen) atoms. The molecule has 0 aliphatic heterocycles. The molecule has 0 amide bonds. The first-order valence-corrected chi connectivity index (χ1v) is 38.5. The number of rotatable bonds is 15. The van der Waals surface area contributed by atoms with E-state index in [9.17, 15) is 0 Å². The van der Waals surface area contributed by atoms with Crippen molar-refractivity contribution in [3.8, 4) is 9.75 Å². The second kappa shape index (κ2) is 16.3. The quantitative estimate of drug-likeness (QED) is 0.157. The van der Waals surface area contributed by atoms with Gasteiger partial charge in [0, 0.05) is 0 Å². The average Bonchev–Trinajstić information content (AvgIpc) is 3.52. The van der Waals surface area contributed by atoms with E-state index in [2.05, 4.69) is 113 Å². The van der Waals surface area contributed by atoms with Gasteiger partial charge in [-0.2, -0.15) is 0 Å². The molecule has 2 aromatic rings. The Balaban J connectivity index is 0.000000708. The predicted molar refractivity (Wildman–Crippen MR) is 195 cm³/mol. The molecule has 0 fully saturated rings. The summed E-state index contributed by atoms with van der Waals surface area (Å²) in [4.78, 5) is 19.0. The number of thiophene rings is 2. The molecule has 0 nitrogen and oxygen atoms in total. The molecule has 230 valence electrons. The summed E-state index contributed by atoms with van der Waals surface area (Å²) in [6.45, 7) is 16.4. The van der Waals surface area contributed by atoms with E-state index < -0.39 is 36.8 Å². The van der Waals surface area contributed by atoms with Crippen molar-refractivity contribution in [1.29, 1.82) is 0 Å². The van der Waals surface area contributed by atoms with Crippen molar-refractivity contribution in [2.45, 2.75) is 154 Å². The Bertz CT molecular complexity index is 954. The molecule has 2 aromatic heterocycles. The molecule has 0 bridgehead atoms. The first kappa shape index (κ1) is 37.2. The third-order valence-electron chi connectivity index (χ3n) is 8.81. The summed E-state index contributed by atoms with van der Waals surface area (Å²) >= 11 is 0.223. The molecule has 0 aromatic carbocycles. The van der Waals surface area contributed by atoms with Crippen LogP contribution < -0.4 is 5.79 Å². The Kier molecular flexibility index (Phi) is 15.2. The van der Waals surface area contributed by atoms with Crippen molar-refractivity contribution in [3.63, 3.8) is 0 Å². The van der Waals surface area contributed by atoms with Crippen LogP contribution in [0.3, 0.4) is 0 Å². The van der Waals surface area contributed by atoms with Crippen LogP contribution in [0.15, 0.2) is 12.1 Å². The Hall–Kier alpha value is 0.997. The summed E-state index contributed by atoms with van der Waals surface area (Å²) in [7, 11) is 0. The Morgan fingerprint density at radius 2 is 1.05 bits per heavy atom. The molecule has 1 unspecified atom stereocenters. The van der Waals surface area contributed by atoms with Crippen LogP contribution in [0.5, 0.6) is 0 Å². The first-order valence-electron chi connectivity index (χ1n) is 16.9. The zero-order valence-corrected chi connectivity index (χ0v) is 36.3. The molecule has 1 atom stereocenters. The van der Waals surface area contributed by atoms with E-state index >= 15 is 0 Å². The van der Waals surface area contributed by atoms with Gasteiger partial charge >= 0.3 is 224 Å². The van der Waals surface area contributed by atoms with E-state index in [1.165, 1.54) is 70.6 Å². The molecule has 4 heteroatoms. The number of hydrogen-bond acceptors (Lipinski definition) is 2. The van der Waals surface area contributed by atoms with Gasteiger partial charge in [0.15, 0.2) is 0 Å². The minimum absolute atomic E-state index is 0.296. The van der Waals surface area contributed by atoms with Crippen molar-refractivity contribution >= 4 is 65.2 Å². The second-order valence-corrected chi connectivity index (χ2v) is 48.8. The van der Waals surface area contributed by atoms with Gasteiger partial charge in [-0.05, 0) is 5.92 Å². The van der Waals surface area contributed by atoms with Crippen LogP contribution in [-0.4, -0.2) is 36.8 Å². The first-order chi connectivity index (χ1) is 18.6. The summed E-state index contributed by atoms with van der Waals surface area (Å²) in [6.07, 6.45) is 15.1. The molecule has 2 heterocycles. The summed E-state index contributed by atoms with van der Waals surface area (Å²) in [5.41, 5.74) is 3.81. The van der Waals surface area contributed by atoms with Gasteiger partial charge in [-0.25, -0.2) is 0 Å². The second-order valence-electron chi connectivity index (χ2n) is 15.9. The maximum absolute atomic E-state index is 2.74. The fourth-order valence-electron chi connectivity index (χ4n) is 5.98. The Morgan fingerprint density at radius 1 is 0.600 bits per heavy atom. The van der Waals surface area contributed by atoms with Crippen LogP contribution in [0.4, 0.5) is 0 Å². The van der Waals surface area contributed by atoms with Gasteiger partial charge in [-0.1, -0.05) is 40.0 Å². The monoisotopic (exact) mass is 802 g/mol. The molecule has 0 saturated carbocycles. The molecule has 0 spiro atoms. The molecule has 0 saturated heterocycles. The molecular formula is C36H66S2Sn2. The van der Waals surface area contributed by atoms with E-state index in [0.29, 0.717) is 5.41 Å². The normalized spacial score (nSPS) is 15.3. The van der Waals surface area contributed by atoms with E-state index in [4.69, 9.17) is 0 Å². The van der Waals surface area contributed by atoms with Crippen LogP contribution in [0, 0.1) is 17.8 Å². The SMILES string of the molecule is CCCCC(C)C.CCCCC1(CCC(C)CCCC(C)C)c2c[c]([Sn]([CH3])([CH3])[CH3])sc2-c2s[c]([Sn]([CH3])([CH3])[CH3])cc21. The Morgan fingerprint density at radius 3 is 1.43 bits per heavy atom. The number of fused-ring (bicyclic) bond motifs is 3. The average molecular weight is 800 g/mol. The van der Waals surface area contributed by atoms with E-state index in [1.54, 1.807) is 26.7 Å². The van der Waals surface area contributed by atoms with Crippen molar-refractivity contribution in [2.24, 2.45) is 17.8 Å². The minimum atomic E-state index is -2.10. The standard InChI is InChI=1S/C23H32S2.C7H16.6CH3.2Sn/c1-5-6-13-23(14-10-18(4)9-7-8-17(2)3)19-11-15-24-21(19)22-20(23)12-16-25-22;1-4-5-6-7(2)3;;;;;;;;/h11-12,17-18H,5-10,13-14H2,1-4H3;7H,4-6H2,1-3H3;6*1H3;;. The van der Waals surface area contributed by atoms with Gasteiger partial charge in [0.1, 0.15) is 0 Å². The van der Waals surface area contributed by atoms with Crippen molar-refractivity contribution in [2.75, 3.05) is 0 Å². The summed E-state index contributed by atoms with van der Waals surface area (Å²) in [6, 6.07) is 5.48. The zero-order chi connectivity index (χ0) is 30.3. The van der Waals surface area contributed by atoms with Gasteiger partial charge in [0.2, 0.25) is 0 Å². The van der Waals surface area contributed by atoms with Crippen LogP contribution >= 0.6 is 22.7 Å². The summed E-state index contributed by atoms with van der Waals surface area (Å²) in [5, 5.41) is 0. The third kappa shape index (κ3) is 10.3. The topological polar surface area (TPSA) is 0 Å². The molecule has 0 radical (unpaired) electrons. The molecular weight excluding hydrogens is 734 g/mol. The summed E-state index contributed by atoms with van der Waals surface area (Å²) < 4.78 is 3.58. The molecule has 0 N–H and O–H groups in total. The number of hydrogen-bond donors (Lipinski definition) is 0. The van der Waals surface area contributed by atoms with Gasteiger partial charge in [0.05, 0.1) is 0 Å². The van der Waals surface area contributed by atoms with Crippen LogP contribution in [-0.2, 0) is 5.41 Å². The third-order valence-corrected chi connectivity index (χ3v) is 30.1. The zero-order valence-electron chi connectivity index (χ0n) is 29.0. The van der Waals surface area contributed by atoms with Crippen LogP contribution in [0.1, 0.15) is 130 Å². The fraction of sp³-hybridized carbons (Fsp3) is 0.778. The van der Waals surface area contributed by atoms with Gasteiger partial charge in [0.25, 0.3) is 0 Å². The van der Waals surface area contributed by atoms with Crippen molar-refractivity contribution in [3.05, 3.63) is 23.3 Å². The van der Waals surface area contributed by atoms with Crippen molar-refractivity contribution < 1.29 is 0 Å². The van der Waals surface area contributed by atoms with E-state index in [1.807, 2.05) is 0 Å². The van der Waals surface area contributed by atoms with Crippen LogP contribution in [0.25, 0.3) is 9.75 Å². The van der Waals surface area contributed by atoms with Gasteiger partial charge in [-0.15, -0.1) is 0 Å². The van der Waals surface area contributed by atoms with Crippen molar-refractivity contribution in [1.82, 2.24) is 0 Å². The van der Waals surface area contributed by atoms with Gasteiger partial charge < -0.3 is 0 Å². The van der Waals surface area contributed by atoms with Gasteiger partial charge in [-0.3, -0.25) is 0 Å². The van der Waals surface area contributed by atoms with Crippen LogP contribution in [0.2, 0.25) is 29.6 Å². The van der Waals surface area contributed by atoms with E-state index in [0.717, 1.165) is 17.8 Å². The number of unbranched alkanes of at least 4 members (excludes halogenated alkanes) is 2.